The number of rotatable bonds is 7. The summed E-state index contributed by atoms with van der Waals surface area (Å²) < 4.78 is 0. The molecule has 4 N–H and O–H groups in total. The van der Waals surface area contributed by atoms with E-state index in [-0.39, 0.29) is 0 Å². The van der Waals surface area contributed by atoms with Crippen LogP contribution in [0.1, 0.15) is 59.3 Å². The summed E-state index contributed by atoms with van der Waals surface area (Å²) in [5.41, 5.74) is 11.4. The quantitative estimate of drug-likeness (QED) is 0.600. The molecule has 0 saturated carbocycles. The molecule has 0 radical (unpaired) electrons. The van der Waals surface area contributed by atoms with Gasteiger partial charge < -0.3 is 11.5 Å². The molecule has 0 fully saturated rings. The molecule has 0 aromatic carbocycles. The first kappa shape index (κ1) is 12.9. The molecule has 0 aliphatic heterocycles. The highest BCUT2D eigenvalue weighted by Crippen LogP contribution is 2.22. The molecule has 13 heavy (non-hydrogen) atoms. The van der Waals surface area contributed by atoms with E-state index >= 15 is 0 Å². The van der Waals surface area contributed by atoms with E-state index < -0.39 is 5.66 Å². The van der Waals surface area contributed by atoms with E-state index in [0.29, 0.717) is 5.92 Å². The van der Waals surface area contributed by atoms with Crippen molar-refractivity contribution in [3.05, 3.63) is 0 Å². The van der Waals surface area contributed by atoms with E-state index in [0.717, 1.165) is 0 Å². The minimum absolute atomic E-state index is 0.482. The number of hydrogen-bond donors (Lipinski definition) is 2. The Morgan fingerprint density at radius 1 is 1.00 bits per heavy atom. The molecule has 0 rings (SSSR count). The summed E-state index contributed by atoms with van der Waals surface area (Å²) in [6.07, 6.45) is 7.33. The fourth-order valence-electron chi connectivity index (χ4n) is 1.67. The molecule has 0 aliphatic rings. The van der Waals surface area contributed by atoms with Crippen molar-refractivity contribution in [1.82, 2.24) is 0 Å². The first-order chi connectivity index (χ1) is 6.02. The van der Waals surface area contributed by atoms with Gasteiger partial charge in [0.05, 0.1) is 5.66 Å². The van der Waals surface area contributed by atoms with Gasteiger partial charge in [0.15, 0.2) is 0 Å². The lowest BCUT2D eigenvalue weighted by molar-refractivity contribution is 0.258. The second kappa shape index (κ2) is 6.39. The zero-order valence-corrected chi connectivity index (χ0v) is 9.47. The third kappa shape index (κ3) is 6.05. The van der Waals surface area contributed by atoms with Gasteiger partial charge in [0, 0.05) is 0 Å². The molecule has 0 unspecified atom stereocenters. The average Bonchev–Trinajstić information content (AvgIpc) is 2.02. The summed E-state index contributed by atoms with van der Waals surface area (Å²) in [5.74, 6) is 0.493. The van der Waals surface area contributed by atoms with Crippen LogP contribution in [0.3, 0.4) is 0 Å². The molecule has 0 atom stereocenters. The van der Waals surface area contributed by atoms with Crippen LogP contribution in [0.5, 0.6) is 0 Å². The van der Waals surface area contributed by atoms with Gasteiger partial charge in [-0.1, -0.05) is 39.5 Å². The van der Waals surface area contributed by atoms with Crippen LogP contribution >= 0.6 is 0 Å². The van der Waals surface area contributed by atoms with E-state index in [1.807, 2.05) is 6.92 Å². The molecule has 0 aliphatic carbocycles. The van der Waals surface area contributed by atoms with E-state index in [4.69, 9.17) is 11.5 Å². The predicted molar refractivity (Wildman–Crippen MR) is 59.3 cm³/mol. The van der Waals surface area contributed by atoms with Gasteiger partial charge in [-0.05, 0) is 25.7 Å². The highest BCUT2D eigenvalue weighted by atomic mass is 14.9. The summed E-state index contributed by atoms with van der Waals surface area (Å²) in [4.78, 5) is 0. The number of unbranched alkanes of at least 4 members (excludes halogenated alkanes) is 2. The van der Waals surface area contributed by atoms with Crippen molar-refractivity contribution in [3.63, 3.8) is 0 Å². The fraction of sp³-hybridized carbons (Fsp3) is 1.00. The summed E-state index contributed by atoms with van der Waals surface area (Å²) in [6, 6.07) is 0. The zero-order valence-electron chi connectivity index (χ0n) is 9.47. The molecule has 2 nitrogen and oxygen atoms in total. The van der Waals surface area contributed by atoms with E-state index in [9.17, 15) is 0 Å². The van der Waals surface area contributed by atoms with Crippen molar-refractivity contribution in [3.8, 4) is 0 Å². The number of hydrogen-bond acceptors (Lipinski definition) is 2. The maximum Gasteiger partial charge on any atom is 0.0636 e. The summed E-state index contributed by atoms with van der Waals surface area (Å²) in [6.45, 7) is 6.37. The highest BCUT2D eigenvalue weighted by Gasteiger charge is 2.24. The lowest BCUT2D eigenvalue weighted by Gasteiger charge is -2.30. The Morgan fingerprint density at radius 2 is 1.38 bits per heavy atom. The van der Waals surface area contributed by atoms with Gasteiger partial charge in [0.1, 0.15) is 0 Å². The Hall–Kier alpha value is -0.0800. The Kier molecular flexibility index (Phi) is 6.35. The van der Waals surface area contributed by atoms with Crippen LogP contribution in [-0.4, -0.2) is 5.66 Å². The van der Waals surface area contributed by atoms with Crippen LogP contribution in [0.25, 0.3) is 0 Å². The first-order valence-corrected chi connectivity index (χ1v) is 5.60. The predicted octanol–water partition coefficient (Wildman–Crippen LogP) is 2.62. The SMILES string of the molecule is CCCCC(CCCC)C(C)(N)N. The molecule has 0 amide bonds. The monoisotopic (exact) mass is 186 g/mol. The van der Waals surface area contributed by atoms with Crippen LogP contribution < -0.4 is 11.5 Å². The highest BCUT2D eigenvalue weighted by molar-refractivity contribution is 4.80. The fourth-order valence-corrected chi connectivity index (χ4v) is 1.67. The van der Waals surface area contributed by atoms with E-state index in [2.05, 4.69) is 13.8 Å². The Morgan fingerprint density at radius 3 is 1.62 bits per heavy atom. The van der Waals surface area contributed by atoms with Gasteiger partial charge in [-0.2, -0.15) is 0 Å². The van der Waals surface area contributed by atoms with Crippen molar-refractivity contribution < 1.29 is 0 Å². The molecule has 80 valence electrons. The summed E-state index contributed by atoms with van der Waals surface area (Å²) in [7, 11) is 0. The van der Waals surface area contributed by atoms with E-state index in [1.165, 1.54) is 38.5 Å². The van der Waals surface area contributed by atoms with Crippen LogP contribution in [0.15, 0.2) is 0 Å². The molecule has 0 aromatic rings. The standard InChI is InChI=1S/C11H26N2/c1-4-6-8-10(9-7-5-2)11(3,12)13/h10H,4-9,12-13H2,1-3H3. The zero-order chi connectivity index (χ0) is 10.3. The van der Waals surface area contributed by atoms with Crippen molar-refractivity contribution in [2.45, 2.75) is 65.0 Å². The minimum atomic E-state index is -0.482. The second-order valence-electron chi connectivity index (χ2n) is 4.35. The van der Waals surface area contributed by atoms with Gasteiger partial charge >= 0.3 is 0 Å². The number of nitrogens with two attached hydrogens (primary N) is 2. The van der Waals surface area contributed by atoms with Crippen molar-refractivity contribution in [2.75, 3.05) is 0 Å². The van der Waals surface area contributed by atoms with Gasteiger partial charge in [-0.3, -0.25) is 0 Å². The largest absolute Gasteiger partial charge is 0.313 e. The van der Waals surface area contributed by atoms with Crippen LogP contribution in [0.2, 0.25) is 0 Å². The summed E-state index contributed by atoms with van der Waals surface area (Å²) >= 11 is 0. The summed E-state index contributed by atoms with van der Waals surface area (Å²) in [5, 5.41) is 0. The van der Waals surface area contributed by atoms with E-state index in [1.54, 1.807) is 0 Å². The molecule has 2 heteroatoms. The lowest BCUT2D eigenvalue weighted by Crippen LogP contribution is -2.52. The van der Waals surface area contributed by atoms with Crippen LogP contribution in [0, 0.1) is 5.92 Å². The van der Waals surface area contributed by atoms with Crippen LogP contribution in [-0.2, 0) is 0 Å². The topological polar surface area (TPSA) is 52.0 Å². The third-order valence-corrected chi connectivity index (χ3v) is 2.69. The third-order valence-electron chi connectivity index (χ3n) is 2.69. The molecule has 0 aromatic heterocycles. The minimum Gasteiger partial charge on any atom is -0.313 e. The second-order valence-corrected chi connectivity index (χ2v) is 4.35. The van der Waals surface area contributed by atoms with Gasteiger partial charge in [0.2, 0.25) is 0 Å². The Bertz CT molecular complexity index is 108. The maximum absolute atomic E-state index is 5.94. The van der Waals surface area contributed by atoms with Gasteiger partial charge in [-0.15, -0.1) is 0 Å². The van der Waals surface area contributed by atoms with Gasteiger partial charge in [0.25, 0.3) is 0 Å². The lowest BCUT2D eigenvalue weighted by atomic mass is 9.86. The smallest absolute Gasteiger partial charge is 0.0636 e. The van der Waals surface area contributed by atoms with Crippen molar-refractivity contribution in [2.24, 2.45) is 17.4 Å². The molecular weight excluding hydrogens is 160 g/mol. The normalized spacial score (nSPS) is 12.5. The maximum atomic E-state index is 5.94. The average molecular weight is 186 g/mol. The molecule has 0 heterocycles. The molecule has 0 saturated heterocycles. The van der Waals surface area contributed by atoms with Crippen molar-refractivity contribution in [1.29, 1.82) is 0 Å². The first-order valence-electron chi connectivity index (χ1n) is 5.60. The van der Waals surface area contributed by atoms with Crippen molar-refractivity contribution >= 4 is 0 Å². The van der Waals surface area contributed by atoms with Gasteiger partial charge in [-0.25, -0.2) is 0 Å². The Balaban J connectivity index is 3.88. The molecule has 0 bridgehead atoms. The van der Waals surface area contributed by atoms with Crippen LogP contribution in [0.4, 0.5) is 0 Å². The molecule has 0 spiro atoms. The molecular formula is C11H26N2. The Labute approximate surface area is 83.1 Å².